The van der Waals surface area contributed by atoms with Crippen molar-refractivity contribution >= 4 is 6.03 Å². The van der Waals surface area contributed by atoms with Crippen LogP contribution in [-0.2, 0) is 13.0 Å². The predicted octanol–water partition coefficient (Wildman–Crippen LogP) is 4.67. The zero-order valence-corrected chi connectivity index (χ0v) is 18.4. The van der Waals surface area contributed by atoms with Crippen LogP contribution >= 0.6 is 0 Å². The highest BCUT2D eigenvalue weighted by atomic mass is 19.1. The van der Waals surface area contributed by atoms with Gasteiger partial charge in [-0.05, 0) is 74.3 Å². The first-order valence-electron chi connectivity index (χ1n) is 12.7. The molecule has 1 aliphatic rings. The van der Waals surface area contributed by atoms with Gasteiger partial charge in [-0.25, -0.2) is 9.18 Å². The number of piperidine rings is 1. The number of nitrogens with one attached hydrogen (secondary N) is 1. The molecule has 0 spiro atoms. The van der Waals surface area contributed by atoms with Crippen LogP contribution in [0, 0.1) is 11.7 Å². The van der Waals surface area contributed by atoms with E-state index in [-0.39, 0.29) is 24.1 Å². The summed E-state index contributed by atoms with van der Waals surface area (Å²) >= 11 is 0. The van der Waals surface area contributed by atoms with E-state index in [1.807, 2.05) is 7.05 Å². The largest absolute Gasteiger partial charge is 0.493 e. The number of carbonyl (C=O) groups is 1. The van der Waals surface area contributed by atoms with Crippen LogP contribution in [0.1, 0.15) is 43.3 Å². The molecule has 0 aromatic heterocycles. The van der Waals surface area contributed by atoms with E-state index in [9.17, 15) is 9.18 Å². The van der Waals surface area contributed by atoms with Crippen LogP contribution in [0.3, 0.4) is 0 Å². The number of carbonyl (C=O) groups excluding carboxylic acids is 1. The lowest BCUT2D eigenvalue weighted by Gasteiger charge is -2.37. The van der Waals surface area contributed by atoms with Crippen molar-refractivity contribution in [2.45, 2.75) is 45.8 Å². The highest BCUT2D eigenvalue weighted by Gasteiger charge is 2.27. The van der Waals surface area contributed by atoms with Crippen molar-refractivity contribution in [1.82, 2.24) is 15.1 Å². The summed E-state index contributed by atoms with van der Waals surface area (Å²) in [6.45, 7) is 1.22. The van der Waals surface area contributed by atoms with Crippen molar-refractivity contribution in [3.63, 3.8) is 0 Å². The number of halogens is 1. The van der Waals surface area contributed by atoms with Gasteiger partial charge < -0.3 is 19.9 Å². The highest BCUT2D eigenvalue weighted by molar-refractivity contribution is 5.74. The minimum Gasteiger partial charge on any atom is -0.493 e. The van der Waals surface area contributed by atoms with Crippen LogP contribution in [0.25, 0.3) is 0 Å². The van der Waals surface area contributed by atoms with Gasteiger partial charge in [0.25, 0.3) is 0 Å². The standard InChI is InChI=1S/C25H34FN3O2/c1-19(2)18-31-24-10-6-20(7-11-24)16-27-25(30)29(23-12-14-28(3)15-13-23)17-21-4-8-22(26)9-5-21/h4-11,19,23H,12-18H2,1-3H3,(H,27,30)/i17D2,18D2. The highest BCUT2D eigenvalue weighted by Crippen LogP contribution is 2.19. The minimum absolute atomic E-state index is 0.165. The maximum atomic E-state index is 13.4. The van der Waals surface area contributed by atoms with Crippen LogP contribution in [0.4, 0.5) is 9.18 Å². The van der Waals surface area contributed by atoms with Crippen molar-refractivity contribution in [2.75, 3.05) is 26.7 Å². The molecule has 1 saturated heterocycles. The monoisotopic (exact) mass is 431 g/mol. The molecule has 0 saturated carbocycles. The van der Waals surface area contributed by atoms with E-state index in [2.05, 4.69) is 10.2 Å². The first-order chi connectivity index (χ1) is 16.4. The molecular formula is C25H34FN3O2. The van der Waals surface area contributed by atoms with Crippen LogP contribution in [0.5, 0.6) is 5.75 Å². The topological polar surface area (TPSA) is 44.8 Å². The van der Waals surface area contributed by atoms with Gasteiger partial charge in [-0.3, -0.25) is 0 Å². The zero-order valence-electron chi connectivity index (χ0n) is 22.4. The Morgan fingerprint density at radius 1 is 1.16 bits per heavy atom. The van der Waals surface area contributed by atoms with E-state index in [1.54, 1.807) is 38.1 Å². The number of nitrogens with zero attached hydrogens (tertiary/aromatic N) is 2. The fourth-order valence-corrected chi connectivity index (χ4v) is 3.35. The molecule has 0 atom stereocenters. The first kappa shape index (κ1) is 18.0. The van der Waals surface area contributed by atoms with Crippen LogP contribution < -0.4 is 10.1 Å². The van der Waals surface area contributed by atoms with E-state index < -0.39 is 24.9 Å². The molecule has 2 amide bonds. The van der Waals surface area contributed by atoms with Gasteiger partial charge in [0.15, 0.2) is 0 Å². The number of hydrogen-bond donors (Lipinski definition) is 1. The molecule has 0 bridgehead atoms. The summed E-state index contributed by atoms with van der Waals surface area (Å²) in [7, 11) is 2.00. The number of amides is 2. The second-order valence-electron chi connectivity index (χ2n) is 8.20. The van der Waals surface area contributed by atoms with E-state index in [0.29, 0.717) is 18.6 Å². The SMILES string of the molecule is [2H]C([2H])(Oc1ccc(CNC(=O)N(C2CCN(C)CC2)C([2H])([2H])c2ccc(F)cc2)cc1)C(C)C. The van der Waals surface area contributed by atoms with Gasteiger partial charge in [0, 0.05) is 19.1 Å². The molecule has 3 rings (SSSR count). The molecule has 1 heterocycles. The van der Waals surface area contributed by atoms with Gasteiger partial charge in [-0.2, -0.15) is 0 Å². The van der Waals surface area contributed by atoms with Crippen molar-refractivity contribution in [1.29, 1.82) is 0 Å². The van der Waals surface area contributed by atoms with Gasteiger partial charge in [0.1, 0.15) is 11.6 Å². The summed E-state index contributed by atoms with van der Waals surface area (Å²) in [5, 5.41) is 2.83. The third-order valence-corrected chi connectivity index (χ3v) is 5.15. The summed E-state index contributed by atoms with van der Waals surface area (Å²) in [5.41, 5.74) is 0.982. The molecule has 31 heavy (non-hydrogen) atoms. The summed E-state index contributed by atoms with van der Waals surface area (Å²) in [6, 6.07) is 11.1. The number of urea groups is 1. The molecule has 1 N–H and O–H groups in total. The molecule has 2 aromatic carbocycles. The Bertz CT molecular complexity index is 979. The van der Waals surface area contributed by atoms with Gasteiger partial charge in [0.2, 0.25) is 0 Å². The Labute approximate surface area is 190 Å². The molecule has 6 heteroatoms. The minimum atomic E-state index is -2.13. The number of rotatable bonds is 8. The van der Waals surface area contributed by atoms with Crippen LogP contribution in [0.2, 0.25) is 0 Å². The second kappa shape index (κ2) is 11.1. The average molecular weight is 432 g/mol. The normalized spacial score (nSPS) is 18.0. The Hall–Kier alpha value is -2.60. The van der Waals surface area contributed by atoms with Gasteiger partial charge in [-0.1, -0.05) is 38.1 Å². The molecule has 2 aromatic rings. The lowest BCUT2D eigenvalue weighted by Crippen LogP contribution is -2.49. The maximum absolute atomic E-state index is 13.4. The van der Waals surface area contributed by atoms with E-state index in [4.69, 9.17) is 10.2 Å². The first-order valence-corrected chi connectivity index (χ1v) is 10.7. The molecule has 0 unspecified atom stereocenters. The third-order valence-electron chi connectivity index (χ3n) is 5.15. The maximum Gasteiger partial charge on any atom is 0.318 e. The quantitative estimate of drug-likeness (QED) is 0.661. The van der Waals surface area contributed by atoms with Gasteiger partial charge >= 0.3 is 6.03 Å². The van der Waals surface area contributed by atoms with Crippen LogP contribution in [-0.4, -0.2) is 48.6 Å². The Morgan fingerprint density at radius 2 is 1.77 bits per heavy atom. The molecule has 5 nitrogen and oxygen atoms in total. The zero-order chi connectivity index (χ0) is 25.8. The number of ether oxygens (including phenoxy) is 1. The molecule has 1 fully saturated rings. The van der Waals surface area contributed by atoms with Crippen LogP contribution in [0.15, 0.2) is 48.5 Å². The van der Waals surface area contributed by atoms with E-state index in [0.717, 1.165) is 18.7 Å². The molecule has 0 radical (unpaired) electrons. The fourth-order valence-electron chi connectivity index (χ4n) is 3.35. The van der Waals surface area contributed by atoms with E-state index >= 15 is 0 Å². The van der Waals surface area contributed by atoms with Crippen molar-refractivity contribution in [3.8, 4) is 5.75 Å². The Balaban J connectivity index is 1.74. The van der Waals surface area contributed by atoms with Gasteiger partial charge in [0.05, 0.1) is 12.0 Å². The lowest BCUT2D eigenvalue weighted by molar-refractivity contribution is 0.127. The predicted molar refractivity (Wildman–Crippen MR) is 121 cm³/mol. The fraction of sp³-hybridized carbons (Fsp3) is 0.480. The van der Waals surface area contributed by atoms with Gasteiger partial charge in [-0.15, -0.1) is 0 Å². The number of benzene rings is 2. The molecule has 0 aliphatic carbocycles. The number of likely N-dealkylation sites (tertiary alicyclic amines) is 1. The average Bonchev–Trinajstić information content (AvgIpc) is 2.80. The summed E-state index contributed by atoms with van der Waals surface area (Å²) in [5.74, 6) is -0.392. The lowest BCUT2D eigenvalue weighted by atomic mass is 10.0. The van der Waals surface area contributed by atoms with Crippen molar-refractivity contribution in [2.24, 2.45) is 5.92 Å². The smallest absolute Gasteiger partial charge is 0.318 e. The second-order valence-corrected chi connectivity index (χ2v) is 8.20. The summed E-state index contributed by atoms with van der Waals surface area (Å²) in [6.07, 6.45) is 1.27. The van der Waals surface area contributed by atoms with Crippen molar-refractivity contribution < 1.29 is 19.4 Å². The Morgan fingerprint density at radius 3 is 2.39 bits per heavy atom. The summed E-state index contributed by atoms with van der Waals surface area (Å²) in [4.78, 5) is 16.7. The molecule has 168 valence electrons. The summed E-state index contributed by atoms with van der Waals surface area (Å²) < 4.78 is 52.3. The Kier molecular flexibility index (Phi) is 6.48. The molecular weight excluding hydrogens is 393 g/mol. The number of hydrogen-bond acceptors (Lipinski definition) is 3. The third kappa shape index (κ3) is 7.24. The molecule has 1 aliphatic heterocycles. The van der Waals surface area contributed by atoms with E-state index in [1.165, 1.54) is 29.2 Å². The van der Waals surface area contributed by atoms with Crippen molar-refractivity contribution in [3.05, 3.63) is 65.5 Å².